The Labute approximate surface area is 142 Å². The second-order valence-electron chi connectivity index (χ2n) is 5.33. The van der Waals surface area contributed by atoms with E-state index in [2.05, 4.69) is 0 Å². The van der Waals surface area contributed by atoms with Gasteiger partial charge in [-0.15, -0.1) is 0 Å². The fraction of sp³-hybridized carbons (Fsp3) is 0.250. The lowest BCUT2D eigenvalue weighted by Crippen LogP contribution is -2.26. The van der Waals surface area contributed by atoms with Crippen molar-refractivity contribution < 1.29 is 30.7 Å². The number of ether oxygens (including phenoxy) is 1. The summed E-state index contributed by atoms with van der Waals surface area (Å²) in [7, 11) is -2.45. The van der Waals surface area contributed by atoms with Crippen LogP contribution in [0.4, 0.5) is 17.6 Å². The van der Waals surface area contributed by atoms with Gasteiger partial charge in [0, 0.05) is 19.7 Å². The normalized spacial score (nSPS) is 12.0. The summed E-state index contributed by atoms with van der Waals surface area (Å²) in [4.78, 5) is -1.28. The number of rotatable bonds is 6. The van der Waals surface area contributed by atoms with E-state index in [1.54, 1.807) is 30.3 Å². The summed E-state index contributed by atoms with van der Waals surface area (Å²) in [6.45, 7) is -0.806. The van der Waals surface area contributed by atoms with Crippen molar-refractivity contribution in [1.29, 1.82) is 0 Å². The molecule has 0 saturated heterocycles. The quantitative estimate of drug-likeness (QED) is 0.441. The van der Waals surface area contributed by atoms with Gasteiger partial charge in [-0.3, -0.25) is 0 Å². The van der Waals surface area contributed by atoms with Crippen LogP contribution in [0.3, 0.4) is 0 Å². The van der Waals surface area contributed by atoms with Crippen molar-refractivity contribution >= 4 is 10.0 Å². The van der Waals surface area contributed by atoms with Gasteiger partial charge in [0.05, 0.1) is 13.2 Å². The molecule has 2 rings (SSSR count). The van der Waals surface area contributed by atoms with Crippen molar-refractivity contribution in [2.45, 2.75) is 18.1 Å². The zero-order chi connectivity index (χ0) is 18.8. The first-order valence-corrected chi connectivity index (χ1v) is 8.51. The summed E-state index contributed by atoms with van der Waals surface area (Å²) in [6.07, 6.45) is 0. The molecule has 0 radical (unpaired) electrons. The molecule has 9 heteroatoms. The van der Waals surface area contributed by atoms with Crippen LogP contribution in [-0.2, 0) is 28.0 Å². The van der Waals surface area contributed by atoms with Crippen LogP contribution < -0.4 is 0 Å². The van der Waals surface area contributed by atoms with E-state index in [-0.39, 0.29) is 6.61 Å². The molecule has 2 aromatic rings. The summed E-state index contributed by atoms with van der Waals surface area (Å²) in [5.41, 5.74) is -0.219. The minimum Gasteiger partial charge on any atom is -0.372 e. The average molecular weight is 377 g/mol. The number of sulfonamides is 1. The van der Waals surface area contributed by atoms with Gasteiger partial charge in [0.25, 0.3) is 0 Å². The van der Waals surface area contributed by atoms with Crippen LogP contribution in [0.15, 0.2) is 35.2 Å². The lowest BCUT2D eigenvalue weighted by molar-refractivity contribution is 0.101. The van der Waals surface area contributed by atoms with Gasteiger partial charge in [0.1, 0.15) is 4.90 Å². The molecule has 0 unspecified atom stereocenters. The SMILES string of the molecule is CN(C)S(=O)(=O)c1c(F)c(F)c(F)c(F)c1COCc1ccccc1. The zero-order valence-corrected chi connectivity index (χ0v) is 14.2. The van der Waals surface area contributed by atoms with Crippen LogP contribution in [0.5, 0.6) is 0 Å². The van der Waals surface area contributed by atoms with Crippen molar-refractivity contribution in [3.63, 3.8) is 0 Å². The Hall–Kier alpha value is -1.97. The van der Waals surface area contributed by atoms with E-state index in [0.29, 0.717) is 9.87 Å². The first-order chi connectivity index (χ1) is 11.7. The molecule has 2 aromatic carbocycles. The second-order valence-corrected chi connectivity index (χ2v) is 7.42. The molecule has 25 heavy (non-hydrogen) atoms. The Morgan fingerprint density at radius 1 is 0.880 bits per heavy atom. The predicted octanol–water partition coefficient (Wildman–Crippen LogP) is 3.21. The smallest absolute Gasteiger partial charge is 0.246 e. The van der Waals surface area contributed by atoms with E-state index in [1.165, 1.54) is 0 Å². The molecule has 0 aromatic heterocycles. The van der Waals surface area contributed by atoms with Gasteiger partial charge < -0.3 is 4.74 Å². The van der Waals surface area contributed by atoms with Crippen LogP contribution in [0.1, 0.15) is 11.1 Å². The molecule has 0 atom stereocenters. The van der Waals surface area contributed by atoms with Crippen molar-refractivity contribution in [1.82, 2.24) is 4.31 Å². The molecule has 4 nitrogen and oxygen atoms in total. The molecule has 0 bridgehead atoms. The van der Waals surface area contributed by atoms with E-state index in [0.717, 1.165) is 14.1 Å². The summed E-state index contributed by atoms with van der Waals surface area (Å²) in [5, 5.41) is 0. The molecule has 0 saturated carbocycles. The third-order valence-corrected chi connectivity index (χ3v) is 5.32. The molecule has 0 aliphatic heterocycles. The van der Waals surface area contributed by atoms with Gasteiger partial charge in [-0.05, 0) is 5.56 Å². The van der Waals surface area contributed by atoms with Gasteiger partial charge >= 0.3 is 0 Å². The number of benzene rings is 2. The largest absolute Gasteiger partial charge is 0.372 e. The minimum absolute atomic E-state index is 0.0532. The molecule has 0 spiro atoms. The molecular formula is C16H15F4NO3S. The van der Waals surface area contributed by atoms with E-state index >= 15 is 0 Å². The summed E-state index contributed by atoms with van der Waals surface area (Å²) >= 11 is 0. The average Bonchev–Trinajstić information content (AvgIpc) is 2.58. The minimum atomic E-state index is -4.56. The number of halogens is 4. The topological polar surface area (TPSA) is 46.6 Å². The maximum absolute atomic E-state index is 14.1. The van der Waals surface area contributed by atoms with Crippen molar-refractivity contribution in [2.75, 3.05) is 14.1 Å². The highest BCUT2D eigenvalue weighted by atomic mass is 32.2. The Bertz CT molecular complexity index is 871. The van der Waals surface area contributed by atoms with Gasteiger partial charge in [-0.1, -0.05) is 30.3 Å². The lowest BCUT2D eigenvalue weighted by atomic mass is 10.2. The number of hydrogen-bond donors (Lipinski definition) is 0. The van der Waals surface area contributed by atoms with Crippen LogP contribution >= 0.6 is 0 Å². The first kappa shape index (κ1) is 19.4. The zero-order valence-electron chi connectivity index (χ0n) is 13.4. The van der Waals surface area contributed by atoms with E-state index in [4.69, 9.17) is 4.74 Å². The van der Waals surface area contributed by atoms with Crippen molar-refractivity contribution in [3.8, 4) is 0 Å². The van der Waals surface area contributed by atoms with E-state index < -0.39 is 50.4 Å². The third-order valence-electron chi connectivity index (χ3n) is 3.41. The fourth-order valence-electron chi connectivity index (χ4n) is 2.08. The first-order valence-electron chi connectivity index (χ1n) is 7.07. The Morgan fingerprint density at radius 2 is 1.44 bits per heavy atom. The second kappa shape index (κ2) is 7.51. The summed E-state index contributed by atoms with van der Waals surface area (Å²) in [6, 6.07) is 8.59. The fourth-order valence-corrected chi connectivity index (χ4v) is 3.22. The molecular weight excluding hydrogens is 362 g/mol. The van der Waals surface area contributed by atoms with Crippen molar-refractivity contribution in [2.24, 2.45) is 0 Å². The van der Waals surface area contributed by atoms with Crippen LogP contribution in [0.2, 0.25) is 0 Å². The third kappa shape index (κ3) is 3.83. The van der Waals surface area contributed by atoms with E-state index in [9.17, 15) is 26.0 Å². The molecule has 0 fully saturated rings. The highest BCUT2D eigenvalue weighted by Gasteiger charge is 2.34. The number of nitrogens with zero attached hydrogens (tertiary/aromatic N) is 1. The van der Waals surface area contributed by atoms with Gasteiger partial charge in [0.15, 0.2) is 23.3 Å². The van der Waals surface area contributed by atoms with Gasteiger partial charge in [0.2, 0.25) is 10.0 Å². The van der Waals surface area contributed by atoms with Gasteiger partial charge in [-0.2, -0.15) is 0 Å². The van der Waals surface area contributed by atoms with Gasteiger partial charge in [-0.25, -0.2) is 30.3 Å². The lowest BCUT2D eigenvalue weighted by Gasteiger charge is -2.17. The molecule has 0 aliphatic carbocycles. The standard InChI is InChI=1S/C16H15F4NO3S/c1-21(2)25(22,23)16-11(12(17)13(18)14(19)15(16)20)9-24-8-10-6-4-3-5-7-10/h3-7H,8-9H2,1-2H3. The molecule has 0 N–H and O–H groups in total. The Kier molecular flexibility index (Phi) is 5.81. The molecule has 136 valence electrons. The van der Waals surface area contributed by atoms with Crippen molar-refractivity contribution in [3.05, 3.63) is 64.7 Å². The highest BCUT2D eigenvalue weighted by Crippen LogP contribution is 2.30. The van der Waals surface area contributed by atoms with E-state index in [1.807, 2.05) is 0 Å². The molecule has 0 aliphatic rings. The number of hydrogen-bond acceptors (Lipinski definition) is 3. The maximum Gasteiger partial charge on any atom is 0.246 e. The Morgan fingerprint density at radius 3 is 2.00 bits per heavy atom. The Balaban J connectivity index is 2.45. The van der Waals surface area contributed by atoms with Crippen LogP contribution in [0.25, 0.3) is 0 Å². The van der Waals surface area contributed by atoms with Crippen LogP contribution in [-0.4, -0.2) is 26.8 Å². The summed E-state index contributed by atoms with van der Waals surface area (Å²) in [5.74, 6) is -8.06. The maximum atomic E-state index is 14.1. The molecule has 0 amide bonds. The molecule has 0 heterocycles. The van der Waals surface area contributed by atoms with Crippen LogP contribution in [0, 0.1) is 23.3 Å². The highest BCUT2D eigenvalue weighted by molar-refractivity contribution is 7.89. The monoisotopic (exact) mass is 377 g/mol. The predicted molar refractivity (Wildman–Crippen MR) is 82.1 cm³/mol. The summed E-state index contributed by atoms with van der Waals surface area (Å²) < 4.78 is 85.3.